The molecule has 1 unspecified atom stereocenters. The van der Waals surface area contributed by atoms with Gasteiger partial charge in [0.2, 0.25) is 0 Å². The van der Waals surface area contributed by atoms with Crippen LogP contribution in [0.15, 0.2) is 30.3 Å². The van der Waals surface area contributed by atoms with Gasteiger partial charge in [0.05, 0.1) is 0 Å². The molecule has 1 rings (SSSR count). The first kappa shape index (κ1) is 14.6. The molecule has 1 N–H and O–H groups in total. The van der Waals surface area contributed by atoms with Crippen LogP contribution < -0.4 is 0 Å². The van der Waals surface area contributed by atoms with E-state index in [0.717, 1.165) is 38.5 Å². The second-order valence-electron chi connectivity index (χ2n) is 4.50. The molecule has 0 aliphatic carbocycles. The highest BCUT2D eigenvalue weighted by Gasteiger charge is 2.10. The molecule has 0 aliphatic rings. The summed E-state index contributed by atoms with van der Waals surface area (Å²) in [6, 6.07) is 10.4. The van der Waals surface area contributed by atoms with E-state index in [1.165, 1.54) is 5.56 Å². The number of benzene rings is 1. The Balaban J connectivity index is 2.09. The SMILES string of the molecule is CCC(CCCCCc1ccccc1)OC(=O)O. The quantitative estimate of drug-likeness (QED) is 0.554. The average molecular weight is 250 g/mol. The second kappa shape index (κ2) is 8.56. The number of carbonyl (C=O) groups is 1. The standard InChI is InChI=1S/C15H22O3/c1-2-14(18-15(16)17)12-8-4-7-11-13-9-5-3-6-10-13/h3,5-6,9-10,14H,2,4,7-8,11-12H2,1H3,(H,16,17). The first-order chi connectivity index (χ1) is 8.72. The predicted molar refractivity (Wildman–Crippen MR) is 71.8 cm³/mol. The number of unbranched alkanes of at least 4 members (excludes halogenated alkanes) is 2. The molecule has 3 nitrogen and oxygen atoms in total. The molecule has 18 heavy (non-hydrogen) atoms. The summed E-state index contributed by atoms with van der Waals surface area (Å²) in [5.41, 5.74) is 1.37. The van der Waals surface area contributed by atoms with Gasteiger partial charge in [-0.3, -0.25) is 0 Å². The van der Waals surface area contributed by atoms with Crippen LogP contribution in [0.5, 0.6) is 0 Å². The number of rotatable bonds is 8. The number of hydrogen-bond donors (Lipinski definition) is 1. The van der Waals surface area contributed by atoms with Gasteiger partial charge >= 0.3 is 6.16 Å². The normalized spacial score (nSPS) is 12.1. The van der Waals surface area contributed by atoms with E-state index in [-0.39, 0.29) is 6.10 Å². The molecule has 0 spiro atoms. The molecule has 0 saturated carbocycles. The summed E-state index contributed by atoms with van der Waals surface area (Å²) in [6.07, 6.45) is 4.67. The van der Waals surface area contributed by atoms with Crippen molar-refractivity contribution < 1.29 is 14.6 Å². The molecule has 0 aromatic heterocycles. The third-order valence-electron chi connectivity index (χ3n) is 3.06. The molecule has 3 heteroatoms. The van der Waals surface area contributed by atoms with Crippen LogP contribution in [0.4, 0.5) is 4.79 Å². The fourth-order valence-electron chi connectivity index (χ4n) is 2.01. The van der Waals surface area contributed by atoms with Crippen LogP contribution in [-0.2, 0) is 11.2 Å². The summed E-state index contributed by atoms with van der Waals surface area (Å²) >= 11 is 0. The minimum atomic E-state index is -1.16. The van der Waals surface area contributed by atoms with Crippen molar-refractivity contribution in [3.8, 4) is 0 Å². The Hall–Kier alpha value is -1.51. The summed E-state index contributed by atoms with van der Waals surface area (Å²) in [7, 11) is 0. The van der Waals surface area contributed by atoms with Gasteiger partial charge in [0.1, 0.15) is 6.10 Å². The highest BCUT2D eigenvalue weighted by Crippen LogP contribution is 2.12. The fourth-order valence-corrected chi connectivity index (χ4v) is 2.01. The summed E-state index contributed by atoms with van der Waals surface area (Å²) < 4.78 is 4.78. The van der Waals surface area contributed by atoms with Gasteiger partial charge in [0.15, 0.2) is 0 Å². The van der Waals surface area contributed by atoms with E-state index >= 15 is 0 Å². The highest BCUT2D eigenvalue weighted by molar-refractivity contribution is 5.57. The van der Waals surface area contributed by atoms with Crippen LogP contribution in [0.1, 0.15) is 44.6 Å². The van der Waals surface area contributed by atoms with Crippen molar-refractivity contribution in [1.82, 2.24) is 0 Å². The average Bonchev–Trinajstić information content (AvgIpc) is 2.37. The molecular formula is C15H22O3. The summed E-state index contributed by atoms with van der Waals surface area (Å²) in [5, 5.41) is 8.54. The summed E-state index contributed by atoms with van der Waals surface area (Å²) in [6.45, 7) is 1.96. The van der Waals surface area contributed by atoms with E-state index in [9.17, 15) is 4.79 Å². The molecule has 100 valence electrons. The van der Waals surface area contributed by atoms with Crippen LogP contribution in [0, 0.1) is 0 Å². The number of hydrogen-bond acceptors (Lipinski definition) is 2. The molecule has 1 aromatic carbocycles. The topological polar surface area (TPSA) is 46.5 Å². The Morgan fingerprint density at radius 2 is 1.94 bits per heavy atom. The van der Waals surface area contributed by atoms with Gasteiger partial charge in [0.25, 0.3) is 0 Å². The monoisotopic (exact) mass is 250 g/mol. The molecule has 0 bridgehead atoms. The van der Waals surface area contributed by atoms with Crippen LogP contribution in [0.2, 0.25) is 0 Å². The Kier molecular flexibility index (Phi) is 6.92. The Morgan fingerprint density at radius 1 is 1.22 bits per heavy atom. The predicted octanol–water partition coefficient (Wildman–Crippen LogP) is 4.26. The molecule has 0 fully saturated rings. The van der Waals surface area contributed by atoms with Gasteiger partial charge in [-0.25, -0.2) is 4.79 Å². The molecule has 0 aliphatic heterocycles. The molecule has 1 aromatic rings. The van der Waals surface area contributed by atoms with E-state index in [2.05, 4.69) is 24.3 Å². The molecule has 0 radical (unpaired) electrons. The zero-order chi connectivity index (χ0) is 13.2. The zero-order valence-electron chi connectivity index (χ0n) is 11.0. The van der Waals surface area contributed by atoms with Crippen LogP contribution in [-0.4, -0.2) is 17.4 Å². The van der Waals surface area contributed by atoms with Gasteiger partial charge in [-0.2, -0.15) is 0 Å². The highest BCUT2D eigenvalue weighted by atomic mass is 16.7. The third kappa shape index (κ3) is 6.28. The molecular weight excluding hydrogens is 228 g/mol. The number of aryl methyl sites for hydroxylation is 1. The van der Waals surface area contributed by atoms with E-state index in [1.54, 1.807) is 0 Å². The van der Waals surface area contributed by atoms with Gasteiger partial charge in [-0.15, -0.1) is 0 Å². The molecule has 0 heterocycles. The lowest BCUT2D eigenvalue weighted by molar-refractivity contribution is 0.0455. The van der Waals surface area contributed by atoms with Gasteiger partial charge in [-0.05, 0) is 37.7 Å². The van der Waals surface area contributed by atoms with Crippen molar-refractivity contribution in [3.05, 3.63) is 35.9 Å². The zero-order valence-corrected chi connectivity index (χ0v) is 11.0. The van der Waals surface area contributed by atoms with E-state index in [1.807, 2.05) is 13.0 Å². The van der Waals surface area contributed by atoms with Crippen molar-refractivity contribution in [2.45, 2.75) is 51.6 Å². The smallest absolute Gasteiger partial charge is 0.450 e. The third-order valence-corrected chi connectivity index (χ3v) is 3.06. The van der Waals surface area contributed by atoms with Crippen molar-refractivity contribution in [2.75, 3.05) is 0 Å². The minimum absolute atomic E-state index is 0.140. The minimum Gasteiger partial charge on any atom is -0.450 e. The lowest BCUT2D eigenvalue weighted by Crippen LogP contribution is -2.15. The molecule has 0 amide bonds. The van der Waals surface area contributed by atoms with E-state index in [4.69, 9.17) is 9.84 Å². The van der Waals surface area contributed by atoms with E-state index in [0.29, 0.717) is 0 Å². The maximum atomic E-state index is 10.4. The Bertz CT molecular complexity index is 335. The van der Waals surface area contributed by atoms with Gasteiger partial charge in [0, 0.05) is 0 Å². The van der Waals surface area contributed by atoms with Gasteiger partial charge in [-0.1, -0.05) is 43.7 Å². The fraction of sp³-hybridized carbons (Fsp3) is 0.533. The van der Waals surface area contributed by atoms with Crippen molar-refractivity contribution in [2.24, 2.45) is 0 Å². The lowest BCUT2D eigenvalue weighted by atomic mass is 10.0. The van der Waals surface area contributed by atoms with Crippen molar-refractivity contribution in [1.29, 1.82) is 0 Å². The number of carboxylic acid groups (broad SMARTS) is 1. The maximum Gasteiger partial charge on any atom is 0.506 e. The molecule has 0 saturated heterocycles. The molecule has 1 atom stereocenters. The van der Waals surface area contributed by atoms with Crippen molar-refractivity contribution in [3.63, 3.8) is 0 Å². The maximum absolute atomic E-state index is 10.4. The Labute approximate surface area is 109 Å². The lowest BCUT2D eigenvalue weighted by Gasteiger charge is -2.13. The first-order valence-electron chi connectivity index (χ1n) is 6.66. The second-order valence-corrected chi connectivity index (χ2v) is 4.50. The van der Waals surface area contributed by atoms with E-state index < -0.39 is 6.16 Å². The number of ether oxygens (including phenoxy) is 1. The van der Waals surface area contributed by atoms with Crippen molar-refractivity contribution >= 4 is 6.16 Å². The summed E-state index contributed by atoms with van der Waals surface area (Å²) in [4.78, 5) is 10.4. The Morgan fingerprint density at radius 3 is 2.56 bits per heavy atom. The largest absolute Gasteiger partial charge is 0.506 e. The first-order valence-corrected chi connectivity index (χ1v) is 6.66. The van der Waals surface area contributed by atoms with Crippen LogP contribution in [0.25, 0.3) is 0 Å². The van der Waals surface area contributed by atoms with Crippen LogP contribution >= 0.6 is 0 Å². The summed E-state index contributed by atoms with van der Waals surface area (Å²) in [5.74, 6) is 0. The van der Waals surface area contributed by atoms with Crippen LogP contribution in [0.3, 0.4) is 0 Å². The van der Waals surface area contributed by atoms with Gasteiger partial charge < -0.3 is 9.84 Å².